The predicted octanol–water partition coefficient (Wildman–Crippen LogP) is 5.43. The number of amides is 1. The highest BCUT2D eigenvalue weighted by molar-refractivity contribution is 5.95. The number of ether oxygens (including phenoxy) is 4. The Labute approximate surface area is 238 Å². The molecule has 1 saturated heterocycles. The van der Waals surface area contributed by atoms with E-state index in [2.05, 4.69) is 67.7 Å². The molecule has 0 aromatic heterocycles. The lowest BCUT2D eigenvalue weighted by molar-refractivity contribution is 0.0129. The highest BCUT2D eigenvalue weighted by Gasteiger charge is 2.32. The van der Waals surface area contributed by atoms with E-state index in [9.17, 15) is 4.79 Å². The van der Waals surface area contributed by atoms with Gasteiger partial charge in [-0.2, -0.15) is 0 Å². The van der Waals surface area contributed by atoms with Gasteiger partial charge < -0.3 is 29.2 Å². The quantitative estimate of drug-likeness (QED) is 0.272. The van der Waals surface area contributed by atoms with Crippen molar-refractivity contribution in [2.24, 2.45) is 5.92 Å². The van der Waals surface area contributed by atoms with Gasteiger partial charge in [0, 0.05) is 57.3 Å². The third kappa shape index (κ3) is 7.84. The first-order valence-electron chi connectivity index (χ1n) is 14.1. The molecule has 3 aromatic rings. The average Bonchev–Trinajstić information content (AvgIpc) is 3.44. The van der Waals surface area contributed by atoms with Gasteiger partial charge in [0.05, 0.1) is 26.4 Å². The number of rotatable bonds is 14. The topological polar surface area (TPSA) is 69.3 Å². The summed E-state index contributed by atoms with van der Waals surface area (Å²) in [5, 5.41) is 3.47. The molecule has 7 nitrogen and oxygen atoms in total. The zero-order valence-corrected chi connectivity index (χ0v) is 24.1. The van der Waals surface area contributed by atoms with E-state index in [4.69, 9.17) is 18.9 Å². The molecule has 4 rings (SSSR count). The number of hydrogen-bond donors (Lipinski definition) is 1. The van der Waals surface area contributed by atoms with E-state index in [1.165, 1.54) is 11.1 Å². The fraction of sp³-hybridized carbons (Fsp3) is 0.424. The van der Waals surface area contributed by atoms with Crippen molar-refractivity contribution in [2.45, 2.75) is 39.0 Å². The van der Waals surface area contributed by atoms with Crippen molar-refractivity contribution in [1.29, 1.82) is 0 Å². The van der Waals surface area contributed by atoms with Gasteiger partial charge in [-0.15, -0.1) is 0 Å². The lowest BCUT2D eigenvalue weighted by atomic mass is 10.0. The number of methoxy groups -OCH3 is 2. The minimum atomic E-state index is -0.0272. The summed E-state index contributed by atoms with van der Waals surface area (Å²) in [6.07, 6.45) is 0.771. The lowest BCUT2D eigenvalue weighted by Gasteiger charge is -2.31. The van der Waals surface area contributed by atoms with Crippen LogP contribution in [0.2, 0.25) is 0 Å². The van der Waals surface area contributed by atoms with Gasteiger partial charge in [-0.1, -0.05) is 48.5 Å². The molecule has 0 unspecified atom stereocenters. The van der Waals surface area contributed by atoms with Crippen molar-refractivity contribution in [3.8, 4) is 22.6 Å². The summed E-state index contributed by atoms with van der Waals surface area (Å²) in [6.45, 7) is 7.91. The van der Waals surface area contributed by atoms with Crippen molar-refractivity contribution >= 4 is 5.91 Å². The molecule has 1 N–H and O–H groups in total. The van der Waals surface area contributed by atoms with Crippen molar-refractivity contribution < 1.29 is 23.7 Å². The van der Waals surface area contributed by atoms with Gasteiger partial charge in [-0.3, -0.25) is 4.79 Å². The van der Waals surface area contributed by atoms with Crippen molar-refractivity contribution in [3.63, 3.8) is 0 Å². The molecule has 0 spiro atoms. The monoisotopic (exact) mass is 546 g/mol. The van der Waals surface area contributed by atoms with Crippen LogP contribution in [0.1, 0.15) is 36.2 Å². The van der Waals surface area contributed by atoms with Crippen LogP contribution in [0.4, 0.5) is 0 Å². The molecule has 3 aromatic carbocycles. The van der Waals surface area contributed by atoms with Crippen molar-refractivity contribution in [2.75, 3.05) is 47.1 Å². The Bertz CT molecular complexity index is 1220. The van der Waals surface area contributed by atoms with Crippen LogP contribution < -0.4 is 14.8 Å². The first-order chi connectivity index (χ1) is 19.5. The SMILES string of the molecule is COCCCOc1cc(C(=O)N(C[C@@H]2CNC[C@@H]2OCc2cccc(-c3ccccc3)c2)C(C)C)ccc1OC. The van der Waals surface area contributed by atoms with E-state index in [1.807, 2.05) is 11.0 Å². The van der Waals surface area contributed by atoms with Crippen molar-refractivity contribution in [3.05, 3.63) is 83.9 Å². The molecule has 1 aliphatic heterocycles. The van der Waals surface area contributed by atoms with Gasteiger partial charge in [0.15, 0.2) is 11.5 Å². The van der Waals surface area contributed by atoms with Crippen LogP contribution in [-0.4, -0.2) is 70.0 Å². The predicted molar refractivity (Wildman–Crippen MR) is 158 cm³/mol. The summed E-state index contributed by atoms with van der Waals surface area (Å²) in [4.78, 5) is 15.6. The second kappa shape index (κ2) is 14.8. The Morgan fingerprint density at radius 3 is 2.48 bits per heavy atom. The van der Waals surface area contributed by atoms with E-state index >= 15 is 0 Å². The normalized spacial score (nSPS) is 16.7. The van der Waals surface area contributed by atoms with Crippen LogP contribution in [0.5, 0.6) is 11.5 Å². The second-order valence-corrected chi connectivity index (χ2v) is 10.4. The first kappa shape index (κ1) is 29.6. The Kier molecular flexibility index (Phi) is 11.0. The standard InChI is InChI=1S/C33H42N2O5/c1-24(2)35(33(36)28-14-15-30(38-4)31(19-28)39-17-9-16-37-3)22-29-20-34-21-32(29)40-23-25-10-8-13-27(18-25)26-11-6-5-7-12-26/h5-8,10-15,18-19,24,29,32,34H,9,16-17,20-23H2,1-4H3/t29-,32-/m0/s1. The summed E-state index contributed by atoms with van der Waals surface area (Å²) in [6, 6.07) is 24.3. The molecular formula is C33H42N2O5. The molecule has 40 heavy (non-hydrogen) atoms. The minimum Gasteiger partial charge on any atom is -0.493 e. The number of carbonyl (C=O) groups excluding carboxylic acids is 1. The van der Waals surface area contributed by atoms with Crippen LogP contribution in [-0.2, 0) is 16.1 Å². The number of nitrogens with zero attached hydrogens (tertiary/aromatic N) is 1. The molecule has 214 valence electrons. The molecule has 0 bridgehead atoms. The maximum atomic E-state index is 13.7. The van der Waals surface area contributed by atoms with Crippen LogP contribution >= 0.6 is 0 Å². The number of benzene rings is 3. The number of hydrogen-bond acceptors (Lipinski definition) is 6. The molecule has 0 radical (unpaired) electrons. The van der Waals surface area contributed by atoms with E-state index in [0.29, 0.717) is 43.4 Å². The summed E-state index contributed by atoms with van der Waals surface area (Å²) < 4.78 is 22.9. The third-order valence-electron chi connectivity index (χ3n) is 7.25. The van der Waals surface area contributed by atoms with Crippen LogP contribution in [0.25, 0.3) is 11.1 Å². The van der Waals surface area contributed by atoms with E-state index in [1.54, 1.807) is 32.4 Å². The molecule has 1 fully saturated rings. The molecule has 1 aliphatic rings. The Balaban J connectivity index is 1.41. The Morgan fingerprint density at radius 2 is 1.73 bits per heavy atom. The fourth-order valence-corrected chi connectivity index (χ4v) is 5.02. The van der Waals surface area contributed by atoms with Gasteiger partial charge in [0.1, 0.15) is 0 Å². The van der Waals surface area contributed by atoms with Gasteiger partial charge in [-0.05, 0) is 54.8 Å². The molecular weight excluding hydrogens is 504 g/mol. The Morgan fingerprint density at radius 1 is 0.925 bits per heavy atom. The lowest BCUT2D eigenvalue weighted by Crippen LogP contribution is -2.43. The Hall–Kier alpha value is -3.39. The summed E-state index contributed by atoms with van der Waals surface area (Å²) in [5.74, 6) is 1.33. The largest absolute Gasteiger partial charge is 0.493 e. The van der Waals surface area contributed by atoms with Crippen LogP contribution in [0.3, 0.4) is 0 Å². The highest BCUT2D eigenvalue weighted by atomic mass is 16.5. The smallest absolute Gasteiger partial charge is 0.254 e. The first-order valence-corrected chi connectivity index (χ1v) is 14.1. The maximum Gasteiger partial charge on any atom is 0.254 e. The number of nitrogens with one attached hydrogen (secondary N) is 1. The summed E-state index contributed by atoms with van der Waals surface area (Å²) in [5.41, 5.74) is 4.09. The fourth-order valence-electron chi connectivity index (χ4n) is 5.02. The third-order valence-corrected chi connectivity index (χ3v) is 7.25. The summed E-state index contributed by atoms with van der Waals surface area (Å²) in [7, 11) is 3.27. The molecule has 7 heteroatoms. The number of carbonyl (C=O) groups is 1. The zero-order chi connectivity index (χ0) is 28.3. The van der Waals surface area contributed by atoms with Gasteiger partial charge in [0.2, 0.25) is 0 Å². The summed E-state index contributed by atoms with van der Waals surface area (Å²) >= 11 is 0. The zero-order valence-electron chi connectivity index (χ0n) is 24.1. The van der Waals surface area contributed by atoms with E-state index < -0.39 is 0 Å². The van der Waals surface area contributed by atoms with Gasteiger partial charge >= 0.3 is 0 Å². The minimum absolute atomic E-state index is 0.0185. The van der Waals surface area contributed by atoms with E-state index in [0.717, 1.165) is 25.1 Å². The maximum absolute atomic E-state index is 13.7. The van der Waals surface area contributed by atoms with Gasteiger partial charge in [-0.25, -0.2) is 0 Å². The average molecular weight is 547 g/mol. The van der Waals surface area contributed by atoms with E-state index in [-0.39, 0.29) is 24.0 Å². The molecule has 2 atom stereocenters. The molecule has 1 amide bonds. The van der Waals surface area contributed by atoms with Crippen LogP contribution in [0, 0.1) is 5.92 Å². The second-order valence-electron chi connectivity index (χ2n) is 10.4. The van der Waals surface area contributed by atoms with Crippen LogP contribution in [0.15, 0.2) is 72.8 Å². The molecule has 0 aliphatic carbocycles. The molecule has 1 heterocycles. The van der Waals surface area contributed by atoms with Crippen molar-refractivity contribution in [1.82, 2.24) is 10.2 Å². The molecule has 0 saturated carbocycles. The highest BCUT2D eigenvalue weighted by Crippen LogP contribution is 2.30. The van der Waals surface area contributed by atoms with Gasteiger partial charge in [0.25, 0.3) is 5.91 Å².